The molecule has 2 aromatic carbocycles. The van der Waals surface area contributed by atoms with Crippen molar-refractivity contribution in [3.8, 4) is 11.5 Å². The standard InChI is InChI=1S/2C24H26Cl2F3N3O6S/c1-23(2,3)37-22(34)32-12-16-19(30-32)5-4-6-20(16)31-8-7-13(21(31)33)9-15-17(25)10-14(11-18(15)26)38-39(35,36)24(27,28)29;1-23(2,3)37-22(34)32-20-6-4-5-19(16(20)12-30-32)31-8-7-13(21(31)33)9-15-17(25)10-14(11-18(15)26)38-39(35,36)24(27,28)29/h10-13,20H,4-9H2,1-3H3;10-13,19H,4-9H2,1-3H3/t13-,20?;13-,19?/m00/s1. The molecule has 4 heterocycles. The number of halogens is 10. The number of hydrogen-bond acceptors (Lipinski definition) is 14. The number of amides is 2. The molecular weight excluding hydrogens is 1170 g/mol. The third-order valence-electron chi connectivity index (χ3n) is 12.9. The van der Waals surface area contributed by atoms with Crippen LogP contribution in [0.3, 0.4) is 0 Å². The van der Waals surface area contributed by atoms with Gasteiger partial charge in [0.1, 0.15) is 22.7 Å². The van der Waals surface area contributed by atoms with Crippen LogP contribution in [0.2, 0.25) is 20.1 Å². The number of carbonyl (C=O) groups is 4. The molecule has 2 amide bonds. The molecule has 18 nitrogen and oxygen atoms in total. The summed E-state index contributed by atoms with van der Waals surface area (Å²) < 4.78 is 143. The number of fused-ring (bicyclic) bond motifs is 2. The Bertz CT molecular complexity index is 3050. The zero-order valence-corrected chi connectivity index (χ0v) is 47.1. The number of alkyl halides is 6. The molecule has 0 N–H and O–H groups in total. The first-order valence-corrected chi connectivity index (χ1v) is 28.5. The normalized spacial score (nSPS) is 20.2. The summed E-state index contributed by atoms with van der Waals surface area (Å²) >= 11 is 24.9. The summed E-state index contributed by atoms with van der Waals surface area (Å²) in [6, 6.07) is 3.11. The molecule has 8 rings (SSSR count). The fourth-order valence-electron chi connectivity index (χ4n) is 9.57. The Balaban J connectivity index is 0.000000226. The van der Waals surface area contributed by atoms with Gasteiger partial charge in [-0.2, -0.15) is 62.7 Å². The van der Waals surface area contributed by atoms with E-state index in [0.29, 0.717) is 57.3 Å². The van der Waals surface area contributed by atoms with Gasteiger partial charge in [0.15, 0.2) is 0 Å². The van der Waals surface area contributed by atoms with E-state index in [4.69, 9.17) is 55.9 Å². The zero-order valence-electron chi connectivity index (χ0n) is 42.4. The first-order valence-electron chi connectivity index (χ1n) is 24.2. The van der Waals surface area contributed by atoms with Gasteiger partial charge in [-0.25, -0.2) is 9.59 Å². The minimum atomic E-state index is -5.90. The molecule has 0 radical (unpaired) electrons. The Hall–Kier alpha value is -5.02. The molecule has 4 aliphatic rings. The van der Waals surface area contributed by atoms with Crippen LogP contribution in [-0.4, -0.2) is 106 Å². The minimum absolute atomic E-state index is 0.0933. The second-order valence-corrected chi connectivity index (χ2v) is 25.6. The van der Waals surface area contributed by atoms with Gasteiger partial charge in [0.05, 0.1) is 29.7 Å². The van der Waals surface area contributed by atoms with Crippen molar-refractivity contribution < 1.29 is 80.2 Å². The molecule has 2 fully saturated rings. The Morgan fingerprint density at radius 3 is 1.46 bits per heavy atom. The highest BCUT2D eigenvalue weighted by Crippen LogP contribution is 2.43. The van der Waals surface area contributed by atoms with Crippen molar-refractivity contribution in [2.24, 2.45) is 11.8 Å². The van der Waals surface area contributed by atoms with Crippen molar-refractivity contribution in [1.82, 2.24) is 29.4 Å². The summed E-state index contributed by atoms with van der Waals surface area (Å²) in [5.41, 5.74) is -9.05. The SMILES string of the molecule is CC(C)(C)OC(=O)n1cc2c(n1)CCCC2N1CC[C@@H](Cc2c(Cl)cc(OS(=O)(=O)C(F)(F)F)cc2Cl)C1=O.CC(C)(C)OC(=O)n1ncc2c1CCCC2N1CC[C@@H](Cc2c(Cl)cc(OS(=O)(=O)C(F)(F)F)cc2Cl)C1=O. The predicted molar refractivity (Wildman–Crippen MR) is 270 cm³/mol. The lowest BCUT2D eigenvalue weighted by Gasteiger charge is -2.31. The quantitative estimate of drug-likeness (QED) is 0.0820. The van der Waals surface area contributed by atoms with Gasteiger partial charge in [0.2, 0.25) is 11.8 Å². The van der Waals surface area contributed by atoms with Gasteiger partial charge in [-0.1, -0.05) is 46.4 Å². The molecule has 30 heteroatoms. The van der Waals surface area contributed by atoms with Crippen LogP contribution in [0.4, 0.5) is 35.9 Å². The molecule has 4 atom stereocenters. The van der Waals surface area contributed by atoms with Crippen LogP contribution in [0.5, 0.6) is 11.5 Å². The molecule has 0 bridgehead atoms. The summed E-state index contributed by atoms with van der Waals surface area (Å²) in [5, 5.41) is 8.11. The summed E-state index contributed by atoms with van der Waals surface area (Å²) in [6.07, 6.45) is 7.29. The number of nitrogens with zero attached hydrogens (tertiary/aromatic N) is 6. The first kappa shape index (κ1) is 60.6. The van der Waals surface area contributed by atoms with E-state index in [-0.39, 0.29) is 68.0 Å². The number of carbonyl (C=O) groups excluding carboxylic acids is 4. The van der Waals surface area contributed by atoms with Gasteiger partial charge in [-0.15, -0.1) is 0 Å². The van der Waals surface area contributed by atoms with E-state index < -0.39 is 78.0 Å². The maximum Gasteiger partial charge on any atom is 0.534 e. The number of rotatable bonds is 10. The second-order valence-electron chi connectivity index (χ2n) is 20.9. The highest BCUT2D eigenvalue weighted by Gasteiger charge is 2.50. The maximum atomic E-state index is 13.4. The Kier molecular flexibility index (Phi) is 17.5. The molecule has 0 saturated carbocycles. The van der Waals surface area contributed by atoms with Crippen LogP contribution in [-0.2, 0) is 65.0 Å². The zero-order chi connectivity index (χ0) is 57.8. The average molecular weight is 1220 g/mol. The van der Waals surface area contributed by atoms with E-state index in [1.54, 1.807) is 63.7 Å². The summed E-state index contributed by atoms with van der Waals surface area (Å²) in [5.74, 6) is -2.74. The second kappa shape index (κ2) is 22.5. The van der Waals surface area contributed by atoms with Crippen molar-refractivity contribution in [2.45, 2.75) is 140 Å². The van der Waals surface area contributed by atoms with Gasteiger partial charge in [-0.3, -0.25) is 9.59 Å². The molecule has 2 saturated heterocycles. The van der Waals surface area contributed by atoms with Gasteiger partial charge in [0.25, 0.3) is 0 Å². The van der Waals surface area contributed by atoms with Gasteiger partial charge >= 0.3 is 43.4 Å². The van der Waals surface area contributed by atoms with E-state index in [2.05, 4.69) is 18.6 Å². The van der Waals surface area contributed by atoms with Gasteiger partial charge < -0.3 is 27.6 Å². The fourth-order valence-corrected chi connectivity index (χ4v) is 11.7. The lowest BCUT2D eigenvalue weighted by Crippen LogP contribution is -2.35. The Labute approximate surface area is 464 Å². The predicted octanol–water partition coefficient (Wildman–Crippen LogP) is 11.3. The van der Waals surface area contributed by atoms with Crippen molar-refractivity contribution in [2.75, 3.05) is 13.1 Å². The van der Waals surface area contributed by atoms with Crippen LogP contribution < -0.4 is 8.37 Å². The molecular formula is C48H52Cl4F6N6O12S2. The average Bonchev–Trinajstić information content (AvgIpc) is 4.10. The molecule has 428 valence electrons. The lowest BCUT2D eigenvalue weighted by atomic mass is 9.91. The van der Waals surface area contributed by atoms with E-state index >= 15 is 0 Å². The number of aromatic nitrogens is 4. The lowest BCUT2D eigenvalue weighted by molar-refractivity contribution is -0.134. The Morgan fingerprint density at radius 2 is 1.04 bits per heavy atom. The fraction of sp³-hybridized carbons (Fsp3) is 0.542. The third kappa shape index (κ3) is 13.6. The van der Waals surface area contributed by atoms with Crippen molar-refractivity contribution >= 4 is 90.6 Å². The molecule has 4 aromatic rings. The van der Waals surface area contributed by atoms with Crippen molar-refractivity contribution in [3.05, 3.63) is 90.4 Å². The third-order valence-corrected chi connectivity index (χ3v) is 16.2. The molecule has 2 aliphatic heterocycles. The molecule has 2 unspecified atom stereocenters. The monoisotopic (exact) mass is 1220 g/mol. The smallest absolute Gasteiger partial charge is 0.442 e. The number of hydrogen-bond donors (Lipinski definition) is 0. The summed E-state index contributed by atoms with van der Waals surface area (Å²) in [7, 11) is -11.8. The Morgan fingerprint density at radius 1 is 0.628 bits per heavy atom. The first-order chi connectivity index (χ1) is 35.9. The molecule has 2 aliphatic carbocycles. The highest BCUT2D eigenvalue weighted by molar-refractivity contribution is 7.88. The van der Waals surface area contributed by atoms with Crippen LogP contribution >= 0.6 is 46.4 Å². The van der Waals surface area contributed by atoms with Crippen molar-refractivity contribution in [3.63, 3.8) is 0 Å². The van der Waals surface area contributed by atoms with E-state index in [1.165, 1.54) is 4.68 Å². The molecule has 2 aromatic heterocycles. The minimum Gasteiger partial charge on any atom is -0.442 e. The van der Waals surface area contributed by atoms with Crippen LogP contribution in [0.25, 0.3) is 0 Å². The molecule has 78 heavy (non-hydrogen) atoms. The van der Waals surface area contributed by atoms with Crippen LogP contribution in [0, 0.1) is 11.8 Å². The number of ether oxygens (including phenoxy) is 2. The summed E-state index contributed by atoms with van der Waals surface area (Å²) in [6.45, 7) is 11.4. The van der Waals surface area contributed by atoms with Crippen LogP contribution in [0.15, 0.2) is 36.7 Å². The van der Waals surface area contributed by atoms with Gasteiger partial charge in [0, 0.05) is 86.6 Å². The van der Waals surface area contributed by atoms with Gasteiger partial charge in [-0.05, 0) is 117 Å². The van der Waals surface area contributed by atoms with Crippen LogP contribution in [0.1, 0.15) is 126 Å². The number of benzene rings is 2. The van der Waals surface area contributed by atoms with Crippen molar-refractivity contribution in [1.29, 1.82) is 0 Å². The van der Waals surface area contributed by atoms with E-state index in [1.807, 2.05) is 0 Å². The summed E-state index contributed by atoms with van der Waals surface area (Å²) in [4.78, 5) is 55.5. The molecule has 0 spiro atoms. The number of aryl methyl sites for hydroxylation is 1. The van der Waals surface area contributed by atoms with E-state index in [0.717, 1.165) is 58.6 Å². The largest absolute Gasteiger partial charge is 0.534 e. The number of likely N-dealkylation sites (tertiary alicyclic amines) is 2. The maximum absolute atomic E-state index is 13.4. The van der Waals surface area contributed by atoms with E-state index in [9.17, 15) is 62.4 Å². The highest BCUT2D eigenvalue weighted by atomic mass is 35.5. The topological polar surface area (TPSA) is 216 Å².